The fraction of sp³-hybridized carbons (Fsp3) is 0.667. The average Bonchev–Trinajstić information content (AvgIpc) is 1.35. The van der Waals surface area contributed by atoms with Crippen LogP contribution in [0.15, 0.2) is 0 Å². The molecular weight excluding hydrogens is 162 g/mol. The largest absolute Gasteiger partial charge is 0.465 e. The number of amides is 1. The number of hydrogen-bond acceptors (Lipinski definition) is 1. The van der Waals surface area contributed by atoms with Crippen molar-refractivity contribution in [1.82, 2.24) is 5.32 Å². The molecule has 0 aromatic rings. The second kappa shape index (κ2) is 5.75. The SMILES string of the molecule is Br.CCNC(=O)O. The molecule has 0 saturated heterocycles. The van der Waals surface area contributed by atoms with Gasteiger partial charge in [-0.05, 0) is 6.92 Å². The van der Waals surface area contributed by atoms with E-state index in [-0.39, 0.29) is 17.0 Å². The zero-order valence-corrected chi connectivity index (χ0v) is 5.68. The number of hydrogen-bond donors (Lipinski definition) is 2. The van der Waals surface area contributed by atoms with Gasteiger partial charge in [-0.1, -0.05) is 0 Å². The molecule has 0 aromatic heterocycles. The topological polar surface area (TPSA) is 49.3 Å². The van der Waals surface area contributed by atoms with Gasteiger partial charge in [-0.3, -0.25) is 0 Å². The number of carboxylic acid groups (broad SMARTS) is 1. The zero-order chi connectivity index (χ0) is 4.99. The first-order valence-electron chi connectivity index (χ1n) is 1.74. The molecule has 0 aliphatic carbocycles. The van der Waals surface area contributed by atoms with Crippen LogP contribution in [0.5, 0.6) is 0 Å². The van der Waals surface area contributed by atoms with E-state index in [1.807, 2.05) is 0 Å². The molecule has 0 heterocycles. The second-order valence-corrected chi connectivity index (χ2v) is 0.835. The number of halogens is 1. The Morgan fingerprint density at radius 2 is 2.29 bits per heavy atom. The maximum Gasteiger partial charge on any atom is 0.404 e. The fourth-order valence-corrected chi connectivity index (χ4v) is 0.151. The lowest BCUT2D eigenvalue weighted by atomic mass is 10.8. The molecule has 0 saturated carbocycles. The predicted molar refractivity (Wildman–Crippen MR) is 32.0 cm³/mol. The zero-order valence-electron chi connectivity index (χ0n) is 3.97. The highest BCUT2D eigenvalue weighted by molar-refractivity contribution is 8.93. The standard InChI is InChI=1S/C3H7NO2.BrH/c1-2-4-3(5)6;/h4H,2H2,1H3,(H,5,6);1H. The molecule has 1 amide bonds. The van der Waals surface area contributed by atoms with Crippen molar-refractivity contribution in [3.8, 4) is 0 Å². The van der Waals surface area contributed by atoms with Gasteiger partial charge in [0.25, 0.3) is 0 Å². The lowest BCUT2D eigenvalue weighted by Crippen LogP contribution is -2.19. The first kappa shape index (κ1) is 9.89. The molecule has 0 radical (unpaired) electrons. The van der Waals surface area contributed by atoms with E-state index < -0.39 is 6.09 Å². The van der Waals surface area contributed by atoms with Gasteiger partial charge in [0.2, 0.25) is 0 Å². The first-order chi connectivity index (χ1) is 2.77. The quantitative estimate of drug-likeness (QED) is 0.612. The van der Waals surface area contributed by atoms with Crippen LogP contribution in [0.1, 0.15) is 6.92 Å². The van der Waals surface area contributed by atoms with Gasteiger partial charge in [0, 0.05) is 6.54 Å². The van der Waals surface area contributed by atoms with Crippen LogP contribution < -0.4 is 5.32 Å². The van der Waals surface area contributed by atoms with Gasteiger partial charge in [0.15, 0.2) is 0 Å². The highest BCUT2D eigenvalue weighted by Gasteiger charge is 1.82. The highest BCUT2D eigenvalue weighted by atomic mass is 79.9. The molecule has 0 aromatic carbocycles. The van der Waals surface area contributed by atoms with Gasteiger partial charge in [0.1, 0.15) is 0 Å². The van der Waals surface area contributed by atoms with Crippen LogP contribution in [0.2, 0.25) is 0 Å². The van der Waals surface area contributed by atoms with E-state index in [1.54, 1.807) is 6.92 Å². The molecule has 0 aliphatic rings. The Morgan fingerprint density at radius 3 is 2.29 bits per heavy atom. The molecule has 44 valence electrons. The Kier molecular flexibility index (Phi) is 8.12. The first-order valence-corrected chi connectivity index (χ1v) is 1.74. The van der Waals surface area contributed by atoms with Crippen LogP contribution >= 0.6 is 17.0 Å². The third kappa shape index (κ3) is 10.7. The average molecular weight is 170 g/mol. The molecule has 0 spiro atoms. The second-order valence-electron chi connectivity index (χ2n) is 0.835. The highest BCUT2D eigenvalue weighted by Crippen LogP contribution is 1.54. The third-order valence-corrected chi connectivity index (χ3v) is 0.328. The monoisotopic (exact) mass is 169 g/mol. The molecular formula is C3H8BrNO2. The number of nitrogens with one attached hydrogen (secondary N) is 1. The van der Waals surface area contributed by atoms with Crippen LogP contribution in [-0.2, 0) is 0 Å². The third-order valence-electron chi connectivity index (χ3n) is 0.328. The summed E-state index contributed by atoms with van der Waals surface area (Å²) in [4.78, 5) is 9.49. The molecule has 0 unspecified atom stereocenters. The minimum absolute atomic E-state index is 0. The molecule has 3 nitrogen and oxygen atoms in total. The van der Waals surface area contributed by atoms with Gasteiger partial charge >= 0.3 is 6.09 Å². The fourth-order valence-electron chi connectivity index (χ4n) is 0.151. The summed E-state index contributed by atoms with van der Waals surface area (Å²) >= 11 is 0. The van der Waals surface area contributed by atoms with Gasteiger partial charge in [-0.15, -0.1) is 17.0 Å². The van der Waals surface area contributed by atoms with Crippen molar-refractivity contribution in [2.45, 2.75) is 6.92 Å². The molecule has 0 fully saturated rings. The summed E-state index contributed by atoms with van der Waals surface area (Å²) in [6, 6.07) is 0. The molecule has 0 bridgehead atoms. The van der Waals surface area contributed by atoms with E-state index in [2.05, 4.69) is 5.32 Å². The Morgan fingerprint density at radius 1 is 1.86 bits per heavy atom. The van der Waals surface area contributed by atoms with E-state index in [1.165, 1.54) is 0 Å². The van der Waals surface area contributed by atoms with Gasteiger partial charge < -0.3 is 10.4 Å². The van der Waals surface area contributed by atoms with E-state index in [0.717, 1.165) is 0 Å². The van der Waals surface area contributed by atoms with Gasteiger partial charge in [0.05, 0.1) is 0 Å². The predicted octanol–water partition coefficient (Wildman–Crippen LogP) is 0.852. The summed E-state index contributed by atoms with van der Waals surface area (Å²) in [6.07, 6.45) is -0.961. The van der Waals surface area contributed by atoms with Crippen molar-refractivity contribution in [3.63, 3.8) is 0 Å². The van der Waals surface area contributed by atoms with Crippen molar-refractivity contribution >= 4 is 23.1 Å². The van der Waals surface area contributed by atoms with E-state index >= 15 is 0 Å². The Labute approximate surface area is 52.5 Å². The Balaban J connectivity index is 0. The molecule has 0 atom stereocenters. The summed E-state index contributed by atoms with van der Waals surface area (Å²) in [5.74, 6) is 0. The van der Waals surface area contributed by atoms with Gasteiger partial charge in [-0.2, -0.15) is 0 Å². The van der Waals surface area contributed by atoms with Crippen molar-refractivity contribution in [3.05, 3.63) is 0 Å². The van der Waals surface area contributed by atoms with E-state index in [9.17, 15) is 4.79 Å². The van der Waals surface area contributed by atoms with Crippen molar-refractivity contribution in [2.24, 2.45) is 0 Å². The van der Waals surface area contributed by atoms with Crippen LogP contribution in [-0.4, -0.2) is 17.7 Å². The lowest BCUT2D eigenvalue weighted by Gasteiger charge is -1.87. The summed E-state index contributed by atoms with van der Waals surface area (Å²) in [7, 11) is 0. The maximum absolute atomic E-state index is 9.49. The summed E-state index contributed by atoms with van der Waals surface area (Å²) in [5, 5.41) is 9.93. The molecule has 0 aliphatic heterocycles. The molecule has 2 N–H and O–H groups in total. The molecule has 0 rings (SSSR count). The van der Waals surface area contributed by atoms with Crippen molar-refractivity contribution in [1.29, 1.82) is 0 Å². The van der Waals surface area contributed by atoms with E-state index in [0.29, 0.717) is 6.54 Å². The van der Waals surface area contributed by atoms with E-state index in [4.69, 9.17) is 5.11 Å². The van der Waals surface area contributed by atoms with Crippen LogP contribution in [0.3, 0.4) is 0 Å². The number of carbonyl (C=O) groups is 1. The van der Waals surface area contributed by atoms with Gasteiger partial charge in [-0.25, -0.2) is 4.79 Å². The maximum atomic E-state index is 9.49. The van der Waals surface area contributed by atoms with Crippen LogP contribution in [0.4, 0.5) is 4.79 Å². The molecule has 7 heavy (non-hydrogen) atoms. The summed E-state index contributed by atoms with van der Waals surface area (Å²) in [5.41, 5.74) is 0. The number of rotatable bonds is 1. The smallest absolute Gasteiger partial charge is 0.404 e. The minimum atomic E-state index is -0.961. The lowest BCUT2D eigenvalue weighted by molar-refractivity contribution is 0.195. The van der Waals surface area contributed by atoms with Crippen molar-refractivity contribution in [2.75, 3.05) is 6.54 Å². The Hall–Kier alpha value is -0.250. The Bertz CT molecular complexity index is 56.9. The van der Waals surface area contributed by atoms with Crippen LogP contribution in [0, 0.1) is 0 Å². The summed E-state index contributed by atoms with van der Waals surface area (Å²) in [6.45, 7) is 2.21. The van der Waals surface area contributed by atoms with Crippen molar-refractivity contribution < 1.29 is 9.90 Å². The normalized spacial score (nSPS) is 6.43. The summed E-state index contributed by atoms with van der Waals surface area (Å²) < 4.78 is 0. The minimum Gasteiger partial charge on any atom is -0.465 e. The van der Waals surface area contributed by atoms with Crippen LogP contribution in [0.25, 0.3) is 0 Å². The molecule has 4 heteroatoms.